The Morgan fingerprint density at radius 3 is 2.19 bits per heavy atom. The summed E-state index contributed by atoms with van der Waals surface area (Å²) < 4.78 is 5.28. The summed E-state index contributed by atoms with van der Waals surface area (Å²) in [7, 11) is 1.69. The molecule has 0 N–H and O–H groups in total. The quantitative estimate of drug-likeness (QED) is 0.631. The smallest absolute Gasteiger partial charge is 0.119 e. The molecule has 0 amide bonds. The molecular weight excluding hydrogens is 318 g/mol. The molecule has 0 aromatic heterocycles. The topological polar surface area (TPSA) is 21.6 Å². The fourth-order valence-electron chi connectivity index (χ4n) is 6.24. The number of methoxy groups -OCH3 is 1. The summed E-state index contributed by atoms with van der Waals surface area (Å²) >= 11 is 0. The molecule has 4 aliphatic carbocycles. The third kappa shape index (κ3) is 2.86. The van der Waals surface area contributed by atoms with Crippen molar-refractivity contribution in [2.45, 2.75) is 43.9 Å². The fraction of sp³-hybridized carbons (Fsp3) is 0.458. The molecule has 0 saturated heterocycles. The summed E-state index contributed by atoms with van der Waals surface area (Å²) in [5.74, 6) is 3.84. The van der Waals surface area contributed by atoms with Gasteiger partial charge in [0.15, 0.2) is 0 Å². The van der Waals surface area contributed by atoms with E-state index in [4.69, 9.17) is 4.74 Å². The second kappa shape index (κ2) is 6.26. The highest BCUT2D eigenvalue weighted by molar-refractivity contribution is 5.82. The van der Waals surface area contributed by atoms with Gasteiger partial charge in [0.1, 0.15) is 5.75 Å². The molecule has 0 radical (unpaired) electrons. The van der Waals surface area contributed by atoms with Crippen molar-refractivity contribution in [1.29, 1.82) is 0 Å². The average molecular weight is 345 g/mol. The van der Waals surface area contributed by atoms with Gasteiger partial charge in [-0.2, -0.15) is 0 Å². The van der Waals surface area contributed by atoms with Gasteiger partial charge in [0, 0.05) is 6.21 Å². The van der Waals surface area contributed by atoms with Gasteiger partial charge in [-0.05, 0) is 97.1 Å². The van der Waals surface area contributed by atoms with Gasteiger partial charge in [0.2, 0.25) is 0 Å². The van der Waals surface area contributed by atoms with E-state index in [1.165, 1.54) is 38.5 Å². The van der Waals surface area contributed by atoms with E-state index in [9.17, 15) is 0 Å². The van der Waals surface area contributed by atoms with Crippen LogP contribution in [0.25, 0.3) is 0 Å². The number of hydrogen-bond acceptors (Lipinski definition) is 2. The van der Waals surface area contributed by atoms with Crippen LogP contribution in [-0.4, -0.2) is 13.3 Å². The molecule has 2 heteroatoms. The Morgan fingerprint density at radius 2 is 1.58 bits per heavy atom. The van der Waals surface area contributed by atoms with E-state index < -0.39 is 0 Å². The monoisotopic (exact) mass is 345 g/mol. The molecule has 2 aromatic rings. The molecule has 2 nitrogen and oxygen atoms in total. The van der Waals surface area contributed by atoms with Crippen LogP contribution in [-0.2, 0) is 5.41 Å². The molecule has 4 saturated carbocycles. The van der Waals surface area contributed by atoms with Crippen LogP contribution in [0.4, 0.5) is 5.69 Å². The Morgan fingerprint density at radius 1 is 0.923 bits per heavy atom. The Labute approximate surface area is 156 Å². The molecule has 0 unspecified atom stereocenters. The highest BCUT2D eigenvalue weighted by Crippen LogP contribution is 2.60. The molecule has 6 rings (SSSR count). The van der Waals surface area contributed by atoms with Gasteiger partial charge in [-0.25, -0.2) is 0 Å². The summed E-state index contributed by atoms with van der Waals surface area (Å²) in [5.41, 5.74) is 4.14. The maximum absolute atomic E-state index is 5.28. The number of nitrogens with zero attached hydrogens (tertiary/aromatic N) is 1. The predicted octanol–water partition coefficient (Wildman–Crippen LogP) is 5.91. The van der Waals surface area contributed by atoms with Gasteiger partial charge in [0.25, 0.3) is 0 Å². The molecule has 0 atom stereocenters. The number of ether oxygens (including phenoxy) is 1. The molecular formula is C24H27NO. The van der Waals surface area contributed by atoms with Crippen LogP contribution in [0.3, 0.4) is 0 Å². The summed E-state index contributed by atoms with van der Waals surface area (Å²) in [6, 6.07) is 17.1. The Hall–Kier alpha value is -2.09. The van der Waals surface area contributed by atoms with Crippen LogP contribution < -0.4 is 4.74 Å². The minimum Gasteiger partial charge on any atom is -0.497 e. The summed E-state index contributed by atoms with van der Waals surface area (Å²) in [6.07, 6.45) is 10.7. The standard InChI is InChI=1S/C24H27NO/c1-26-23-4-2-3-17(12-23)16-25-22-7-5-21(6-8-22)24-13-18-9-19(14-24)11-20(10-18)15-24/h2-8,12,16,18-20H,9-11,13-15H2,1H3. The first kappa shape index (κ1) is 16.1. The first-order valence-corrected chi connectivity index (χ1v) is 10.0. The van der Waals surface area contributed by atoms with Gasteiger partial charge >= 0.3 is 0 Å². The largest absolute Gasteiger partial charge is 0.497 e. The SMILES string of the molecule is COc1cccc(C=Nc2ccc(C34CC5CC(CC(C5)C3)C4)cc2)c1. The number of benzene rings is 2. The van der Waals surface area contributed by atoms with Gasteiger partial charge in [-0.1, -0.05) is 24.3 Å². The first-order valence-electron chi connectivity index (χ1n) is 10.0. The first-order chi connectivity index (χ1) is 12.7. The van der Waals surface area contributed by atoms with Crippen molar-refractivity contribution < 1.29 is 4.74 Å². The molecule has 4 fully saturated rings. The number of aliphatic imine (C=N–C) groups is 1. The summed E-state index contributed by atoms with van der Waals surface area (Å²) in [6.45, 7) is 0. The fourth-order valence-corrected chi connectivity index (χ4v) is 6.24. The van der Waals surface area contributed by atoms with Crippen molar-refractivity contribution in [3.63, 3.8) is 0 Å². The second-order valence-electron chi connectivity index (χ2n) is 8.78. The molecule has 2 aromatic carbocycles. The van der Waals surface area contributed by atoms with E-state index in [-0.39, 0.29) is 0 Å². The lowest BCUT2D eigenvalue weighted by molar-refractivity contribution is -0.00518. The third-order valence-corrected chi connectivity index (χ3v) is 6.97. The summed E-state index contributed by atoms with van der Waals surface area (Å²) in [4.78, 5) is 4.66. The highest BCUT2D eigenvalue weighted by atomic mass is 16.5. The zero-order chi connectivity index (χ0) is 17.6. The zero-order valence-corrected chi connectivity index (χ0v) is 15.5. The molecule has 26 heavy (non-hydrogen) atoms. The number of rotatable bonds is 4. The Bertz CT molecular complexity index is 785. The lowest BCUT2D eigenvalue weighted by atomic mass is 9.48. The highest BCUT2D eigenvalue weighted by Gasteiger charge is 2.51. The van der Waals surface area contributed by atoms with Crippen molar-refractivity contribution >= 4 is 11.9 Å². The normalized spacial score (nSPS) is 32.3. The van der Waals surface area contributed by atoms with E-state index in [1.807, 2.05) is 24.4 Å². The van der Waals surface area contributed by atoms with Crippen molar-refractivity contribution in [3.05, 3.63) is 59.7 Å². The van der Waals surface area contributed by atoms with Gasteiger partial charge < -0.3 is 4.74 Å². The molecule has 0 heterocycles. The lowest BCUT2D eigenvalue weighted by Gasteiger charge is -2.57. The van der Waals surface area contributed by atoms with E-state index in [0.717, 1.165) is 34.8 Å². The minimum atomic E-state index is 0.476. The predicted molar refractivity (Wildman–Crippen MR) is 107 cm³/mol. The minimum absolute atomic E-state index is 0.476. The van der Waals surface area contributed by atoms with Crippen LogP contribution in [0, 0.1) is 17.8 Å². The zero-order valence-electron chi connectivity index (χ0n) is 15.5. The van der Waals surface area contributed by atoms with Crippen molar-refractivity contribution in [2.75, 3.05) is 7.11 Å². The Kier molecular flexibility index (Phi) is 3.88. The molecule has 0 aliphatic heterocycles. The molecule has 134 valence electrons. The van der Waals surface area contributed by atoms with Crippen LogP contribution in [0.15, 0.2) is 53.5 Å². The van der Waals surface area contributed by atoms with Gasteiger partial charge in [-0.3, -0.25) is 4.99 Å². The van der Waals surface area contributed by atoms with E-state index in [0.29, 0.717) is 5.41 Å². The number of hydrogen-bond donors (Lipinski definition) is 0. The van der Waals surface area contributed by atoms with Crippen LogP contribution in [0.5, 0.6) is 5.75 Å². The van der Waals surface area contributed by atoms with Crippen LogP contribution >= 0.6 is 0 Å². The van der Waals surface area contributed by atoms with Crippen molar-refractivity contribution in [2.24, 2.45) is 22.7 Å². The second-order valence-corrected chi connectivity index (χ2v) is 8.78. The van der Waals surface area contributed by atoms with Crippen molar-refractivity contribution in [3.8, 4) is 5.75 Å². The van der Waals surface area contributed by atoms with Crippen LogP contribution in [0.2, 0.25) is 0 Å². The van der Waals surface area contributed by atoms with Crippen molar-refractivity contribution in [1.82, 2.24) is 0 Å². The maximum Gasteiger partial charge on any atom is 0.119 e. The lowest BCUT2D eigenvalue weighted by Crippen LogP contribution is -2.48. The van der Waals surface area contributed by atoms with Crippen LogP contribution in [0.1, 0.15) is 49.7 Å². The molecule has 0 spiro atoms. The van der Waals surface area contributed by atoms with Gasteiger partial charge in [-0.15, -0.1) is 0 Å². The van der Waals surface area contributed by atoms with E-state index in [1.54, 1.807) is 12.7 Å². The summed E-state index contributed by atoms with van der Waals surface area (Å²) in [5, 5.41) is 0. The van der Waals surface area contributed by atoms with E-state index in [2.05, 4.69) is 35.3 Å². The van der Waals surface area contributed by atoms with E-state index >= 15 is 0 Å². The molecule has 4 aliphatic rings. The third-order valence-electron chi connectivity index (χ3n) is 6.97. The average Bonchev–Trinajstić information content (AvgIpc) is 2.66. The van der Waals surface area contributed by atoms with Gasteiger partial charge in [0.05, 0.1) is 12.8 Å². The maximum atomic E-state index is 5.28. The molecule has 4 bridgehead atoms. The Balaban J connectivity index is 1.35.